The van der Waals surface area contributed by atoms with E-state index in [1.54, 1.807) is 39.0 Å². The number of allylic oxidation sites excluding steroid dienone is 1. The molecular formula is C32H31F3N4O4. The first-order valence-electron chi connectivity index (χ1n) is 13.9. The van der Waals surface area contributed by atoms with Gasteiger partial charge in [-0.2, -0.15) is 18.4 Å². The number of Topliss-reactive ketones (excluding diaryl/α,β-unsaturated/α-hetero) is 1. The number of benzene rings is 2. The van der Waals surface area contributed by atoms with Crippen molar-refractivity contribution in [2.75, 3.05) is 25.0 Å². The van der Waals surface area contributed by atoms with Gasteiger partial charge in [0.15, 0.2) is 5.78 Å². The Kier molecular flexibility index (Phi) is 7.59. The highest BCUT2D eigenvalue weighted by Crippen LogP contribution is 2.46. The molecule has 8 nitrogen and oxygen atoms in total. The van der Waals surface area contributed by atoms with Crippen LogP contribution in [0.2, 0.25) is 0 Å². The fraction of sp³-hybridized carbons (Fsp3) is 0.375. The number of ketones is 1. The number of carbonyl (C=O) groups is 3. The average Bonchev–Trinajstić information content (AvgIpc) is 3.43. The fourth-order valence-corrected chi connectivity index (χ4v) is 5.78. The summed E-state index contributed by atoms with van der Waals surface area (Å²) in [6.07, 6.45) is -2.24. The van der Waals surface area contributed by atoms with E-state index < -0.39 is 35.5 Å². The van der Waals surface area contributed by atoms with Crippen molar-refractivity contribution < 1.29 is 32.3 Å². The molecule has 0 spiro atoms. The van der Waals surface area contributed by atoms with Gasteiger partial charge >= 0.3 is 18.3 Å². The van der Waals surface area contributed by atoms with Crippen LogP contribution in [0.5, 0.6) is 0 Å². The van der Waals surface area contributed by atoms with Crippen LogP contribution in [0.1, 0.15) is 68.3 Å². The molecule has 43 heavy (non-hydrogen) atoms. The number of hydrogen-bond donors (Lipinski definition) is 0. The van der Waals surface area contributed by atoms with Crippen molar-refractivity contribution in [2.45, 2.75) is 57.9 Å². The van der Waals surface area contributed by atoms with Crippen molar-refractivity contribution in [3.8, 4) is 6.07 Å². The molecule has 1 atom stereocenters. The Morgan fingerprint density at radius 1 is 1.07 bits per heavy atom. The monoisotopic (exact) mass is 592 g/mol. The second kappa shape index (κ2) is 10.9. The maximum Gasteiger partial charge on any atom is 0.416 e. The second-order valence-corrected chi connectivity index (χ2v) is 11.8. The van der Waals surface area contributed by atoms with Gasteiger partial charge in [0.25, 0.3) is 0 Å². The molecule has 2 aromatic carbocycles. The van der Waals surface area contributed by atoms with Gasteiger partial charge in [-0.15, -0.1) is 0 Å². The minimum Gasteiger partial charge on any atom is -0.444 e. The van der Waals surface area contributed by atoms with Gasteiger partial charge in [0.05, 0.1) is 28.9 Å². The van der Waals surface area contributed by atoms with E-state index in [1.807, 2.05) is 6.08 Å². The van der Waals surface area contributed by atoms with Crippen molar-refractivity contribution in [3.05, 3.63) is 82.1 Å². The Bertz CT molecular complexity index is 1610. The van der Waals surface area contributed by atoms with E-state index in [0.717, 1.165) is 17.7 Å². The predicted molar refractivity (Wildman–Crippen MR) is 153 cm³/mol. The van der Waals surface area contributed by atoms with Crippen LogP contribution in [0.3, 0.4) is 0 Å². The molecule has 0 N–H and O–H groups in total. The standard InChI is InChI=1S/C32H31F3N4O4/c1-31(2,3)43-30(42)38-14-13-20(18-38)24-15-19(17-36)11-12-23(24)28-27-25(9-6-10-26(27)40)39(29(41)37(28)4)22-8-5-7-21(16-22)32(33,34)35/h5,7-8,11-13,15-16,28H,6,9-10,14,18H2,1-4H3. The van der Waals surface area contributed by atoms with Gasteiger partial charge in [0.2, 0.25) is 0 Å². The number of halogens is 3. The zero-order valence-corrected chi connectivity index (χ0v) is 24.3. The molecule has 2 heterocycles. The molecular weight excluding hydrogens is 561 g/mol. The van der Waals surface area contributed by atoms with Crippen LogP contribution in [0.25, 0.3) is 5.57 Å². The van der Waals surface area contributed by atoms with E-state index in [0.29, 0.717) is 40.8 Å². The molecule has 0 saturated heterocycles. The zero-order valence-electron chi connectivity index (χ0n) is 24.3. The average molecular weight is 593 g/mol. The highest BCUT2D eigenvalue weighted by Gasteiger charge is 2.44. The SMILES string of the molecule is CN1C(=O)N(c2cccc(C(F)(F)F)c2)C2=C(C(=O)CCC2)C1c1ccc(C#N)cc1C1=CCN(C(=O)OC(C)(C)C)C1. The number of ether oxygens (including phenoxy) is 1. The Balaban J connectivity index is 1.61. The van der Waals surface area contributed by atoms with E-state index >= 15 is 0 Å². The Morgan fingerprint density at radius 2 is 1.81 bits per heavy atom. The van der Waals surface area contributed by atoms with Crippen LogP contribution in [-0.4, -0.2) is 53.4 Å². The summed E-state index contributed by atoms with van der Waals surface area (Å²) in [7, 11) is 1.51. The summed E-state index contributed by atoms with van der Waals surface area (Å²) in [5.74, 6) is -0.200. The van der Waals surface area contributed by atoms with Crippen LogP contribution in [0.15, 0.2) is 59.8 Å². The summed E-state index contributed by atoms with van der Waals surface area (Å²) in [5, 5.41) is 9.67. The first-order chi connectivity index (χ1) is 20.2. The third-order valence-corrected chi connectivity index (χ3v) is 7.68. The minimum atomic E-state index is -4.61. The summed E-state index contributed by atoms with van der Waals surface area (Å²) in [6.45, 7) is 5.78. The first kappa shape index (κ1) is 29.9. The van der Waals surface area contributed by atoms with E-state index in [1.165, 1.54) is 33.9 Å². The summed E-state index contributed by atoms with van der Waals surface area (Å²) >= 11 is 0. The number of hydrogen-bond acceptors (Lipinski definition) is 5. The number of rotatable bonds is 3. The number of nitriles is 1. The third-order valence-electron chi connectivity index (χ3n) is 7.68. The molecule has 0 radical (unpaired) electrons. The van der Waals surface area contributed by atoms with Gasteiger partial charge in [-0.3, -0.25) is 9.69 Å². The van der Waals surface area contributed by atoms with Crippen molar-refractivity contribution in [1.29, 1.82) is 5.26 Å². The quantitative estimate of drug-likeness (QED) is 0.390. The molecule has 0 saturated carbocycles. The molecule has 11 heteroatoms. The van der Waals surface area contributed by atoms with Gasteiger partial charge in [0, 0.05) is 37.8 Å². The van der Waals surface area contributed by atoms with E-state index in [4.69, 9.17) is 4.74 Å². The molecule has 0 bridgehead atoms. The van der Waals surface area contributed by atoms with Crippen molar-refractivity contribution in [3.63, 3.8) is 0 Å². The fourth-order valence-electron chi connectivity index (χ4n) is 5.78. The summed E-state index contributed by atoms with van der Waals surface area (Å²) in [5.41, 5.74) is 1.41. The number of carbonyl (C=O) groups excluding carboxylic acids is 3. The zero-order chi connectivity index (χ0) is 31.3. The molecule has 5 rings (SSSR count). The summed E-state index contributed by atoms with van der Waals surface area (Å²) in [4.78, 5) is 44.4. The Labute approximate surface area is 247 Å². The largest absolute Gasteiger partial charge is 0.444 e. The van der Waals surface area contributed by atoms with Crippen LogP contribution < -0.4 is 4.90 Å². The summed E-state index contributed by atoms with van der Waals surface area (Å²) < 4.78 is 46.2. The van der Waals surface area contributed by atoms with Crippen molar-refractivity contribution in [1.82, 2.24) is 9.80 Å². The third kappa shape index (κ3) is 5.74. The number of likely N-dealkylation sites (N-methyl/N-ethyl adjacent to an activating group) is 1. The maximum absolute atomic E-state index is 14.0. The van der Waals surface area contributed by atoms with Gasteiger partial charge in [-0.05, 0) is 80.6 Å². The maximum atomic E-state index is 14.0. The van der Waals surface area contributed by atoms with Gasteiger partial charge in [-0.1, -0.05) is 18.2 Å². The molecule has 0 aromatic heterocycles. The lowest BCUT2D eigenvalue weighted by molar-refractivity contribution is -0.137. The first-order valence-corrected chi connectivity index (χ1v) is 13.9. The van der Waals surface area contributed by atoms with Gasteiger partial charge in [0.1, 0.15) is 5.60 Å². The molecule has 3 aliphatic rings. The number of urea groups is 1. The lowest BCUT2D eigenvalue weighted by Crippen LogP contribution is -2.50. The van der Waals surface area contributed by atoms with Gasteiger partial charge < -0.3 is 14.5 Å². The van der Waals surface area contributed by atoms with Crippen molar-refractivity contribution >= 4 is 29.2 Å². The molecule has 0 fully saturated rings. The van der Waals surface area contributed by atoms with E-state index in [2.05, 4.69) is 6.07 Å². The Hall–Kier alpha value is -4.59. The van der Waals surface area contributed by atoms with E-state index in [9.17, 15) is 32.8 Å². The van der Waals surface area contributed by atoms with Crippen LogP contribution in [0.4, 0.5) is 28.4 Å². The topological polar surface area (TPSA) is 94.0 Å². The smallest absolute Gasteiger partial charge is 0.416 e. The number of nitrogens with zero attached hydrogens (tertiary/aromatic N) is 4. The second-order valence-electron chi connectivity index (χ2n) is 11.8. The van der Waals surface area contributed by atoms with E-state index in [-0.39, 0.29) is 31.0 Å². The number of anilines is 1. The summed E-state index contributed by atoms with van der Waals surface area (Å²) in [6, 6.07) is 10.2. The highest BCUT2D eigenvalue weighted by atomic mass is 19.4. The molecule has 2 aliphatic heterocycles. The Morgan fingerprint density at radius 3 is 2.49 bits per heavy atom. The van der Waals surface area contributed by atoms with Crippen molar-refractivity contribution in [2.24, 2.45) is 0 Å². The molecule has 3 amide bonds. The highest BCUT2D eigenvalue weighted by molar-refractivity contribution is 6.06. The lowest BCUT2D eigenvalue weighted by Gasteiger charge is -2.44. The lowest BCUT2D eigenvalue weighted by atomic mass is 9.81. The molecule has 2 aromatic rings. The van der Waals surface area contributed by atoms with Gasteiger partial charge in [-0.25, -0.2) is 9.59 Å². The minimum absolute atomic E-state index is 0.0267. The molecule has 1 aliphatic carbocycles. The van der Waals surface area contributed by atoms with Crippen LogP contribution >= 0.6 is 0 Å². The number of alkyl halides is 3. The molecule has 1 unspecified atom stereocenters. The van der Waals surface area contributed by atoms with Crippen LogP contribution in [0, 0.1) is 11.3 Å². The molecule has 224 valence electrons. The van der Waals surface area contributed by atoms with Crippen LogP contribution in [-0.2, 0) is 15.7 Å². The number of amides is 3. The normalized spacial score (nSPS) is 19.3. The predicted octanol–water partition coefficient (Wildman–Crippen LogP) is 6.83.